The van der Waals surface area contributed by atoms with Gasteiger partial charge in [-0.2, -0.15) is 0 Å². The second kappa shape index (κ2) is 12.2. The summed E-state index contributed by atoms with van der Waals surface area (Å²) in [6, 6.07) is 21.6. The van der Waals surface area contributed by atoms with E-state index in [1.54, 1.807) is 28.4 Å². The fourth-order valence-corrected chi connectivity index (χ4v) is 7.95. The molecular formula is C40H48N2O6+2. The zero-order chi connectivity index (χ0) is 33.8. The Morgan fingerprint density at radius 2 is 1.19 bits per heavy atom. The number of benzene rings is 4. The van der Waals surface area contributed by atoms with Gasteiger partial charge in [-0.05, 0) is 64.7 Å². The molecule has 0 fully saturated rings. The second-order valence-electron chi connectivity index (χ2n) is 14.5. The van der Waals surface area contributed by atoms with E-state index in [0.29, 0.717) is 28.7 Å². The third-order valence-corrected chi connectivity index (χ3v) is 10.9. The normalized spacial score (nSPS) is 20.2. The minimum atomic E-state index is 0.0713. The van der Waals surface area contributed by atoms with Crippen LogP contribution in [0.5, 0.6) is 46.0 Å². The van der Waals surface area contributed by atoms with E-state index in [0.717, 1.165) is 76.1 Å². The van der Waals surface area contributed by atoms with Crippen LogP contribution in [0.2, 0.25) is 0 Å². The highest BCUT2D eigenvalue weighted by molar-refractivity contribution is 5.62. The Bertz CT molecular complexity index is 1850. The van der Waals surface area contributed by atoms with Crippen molar-refractivity contribution in [2.45, 2.75) is 37.8 Å². The molecule has 8 nitrogen and oxygen atoms in total. The fraction of sp³-hybridized carbons (Fsp3) is 0.400. The highest BCUT2D eigenvalue weighted by Gasteiger charge is 2.41. The number of fused-ring (bicyclic) bond motifs is 2. The fourth-order valence-electron chi connectivity index (χ4n) is 7.95. The lowest BCUT2D eigenvalue weighted by molar-refractivity contribution is -0.923. The third-order valence-electron chi connectivity index (χ3n) is 10.9. The van der Waals surface area contributed by atoms with Crippen molar-refractivity contribution in [3.8, 4) is 46.0 Å². The van der Waals surface area contributed by atoms with Gasteiger partial charge in [0.15, 0.2) is 34.5 Å². The summed E-state index contributed by atoms with van der Waals surface area (Å²) in [5.74, 6) is 5.54. The van der Waals surface area contributed by atoms with Crippen molar-refractivity contribution in [2.75, 3.05) is 69.7 Å². The van der Waals surface area contributed by atoms with Gasteiger partial charge < -0.3 is 37.4 Å². The standard InChI is InChI=1S/C40H48N2O6/c1-41(2)17-15-27-22-34(44-6)36-24-30(27)31(41)19-25-9-12-29(13-10-25)47-40-38-28(23-37(45-7)39(40)46-8)16-18-42(3,4)32(38)20-26-11-14-33(43-5)35(21-26)48-36/h9-14,21-24,31-32H,15-20H2,1-8H3/q+2/t31-,32+/m1/s1. The van der Waals surface area contributed by atoms with E-state index < -0.39 is 0 Å². The van der Waals surface area contributed by atoms with Crippen molar-refractivity contribution in [1.82, 2.24) is 0 Å². The molecule has 4 aliphatic rings. The van der Waals surface area contributed by atoms with Gasteiger partial charge >= 0.3 is 0 Å². The van der Waals surface area contributed by atoms with Crippen LogP contribution in [0.25, 0.3) is 0 Å². The minimum absolute atomic E-state index is 0.0713. The first-order valence-electron chi connectivity index (χ1n) is 16.8. The number of quaternary nitrogens is 2. The van der Waals surface area contributed by atoms with E-state index in [9.17, 15) is 0 Å². The second-order valence-corrected chi connectivity index (χ2v) is 14.5. The van der Waals surface area contributed by atoms with Gasteiger partial charge in [0, 0.05) is 31.2 Å². The van der Waals surface area contributed by atoms with Crippen LogP contribution in [0.1, 0.15) is 45.5 Å². The number of ether oxygens (including phenoxy) is 6. The van der Waals surface area contributed by atoms with Crippen LogP contribution in [0.15, 0.2) is 60.7 Å². The molecule has 0 spiro atoms. The first-order valence-corrected chi connectivity index (χ1v) is 16.8. The van der Waals surface area contributed by atoms with Gasteiger partial charge in [0.05, 0.1) is 75.3 Å². The topological polar surface area (TPSA) is 55.4 Å². The molecule has 2 atom stereocenters. The van der Waals surface area contributed by atoms with E-state index in [4.69, 9.17) is 28.4 Å². The molecule has 4 aromatic carbocycles. The zero-order valence-corrected chi connectivity index (χ0v) is 29.5. The van der Waals surface area contributed by atoms with Crippen molar-refractivity contribution in [2.24, 2.45) is 0 Å². The molecular weight excluding hydrogens is 604 g/mol. The molecule has 0 saturated heterocycles. The Hall–Kier alpha value is -4.40. The van der Waals surface area contributed by atoms with Gasteiger partial charge in [0.1, 0.15) is 17.8 Å². The Morgan fingerprint density at radius 1 is 0.583 bits per heavy atom. The maximum Gasteiger partial charge on any atom is 0.204 e. The quantitative estimate of drug-likeness (QED) is 0.214. The summed E-state index contributed by atoms with van der Waals surface area (Å²) in [5, 5.41) is 0. The lowest BCUT2D eigenvalue weighted by Gasteiger charge is -2.43. The summed E-state index contributed by atoms with van der Waals surface area (Å²) >= 11 is 0. The summed E-state index contributed by atoms with van der Waals surface area (Å²) in [7, 11) is 16.0. The number of rotatable bonds is 4. The monoisotopic (exact) mass is 652 g/mol. The lowest BCUT2D eigenvalue weighted by atomic mass is 9.85. The number of hydrogen-bond acceptors (Lipinski definition) is 6. The maximum atomic E-state index is 6.86. The average molecular weight is 653 g/mol. The molecule has 0 saturated carbocycles. The summed E-state index contributed by atoms with van der Waals surface area (Å²) in [4.78, 5) is 0. The molecule has 4 aromatic rings. The predicted octanol–water partition coefficient (Wildman–Crippen LogP) is 7.45. The Labute approximate surface area is 284 Å². The highest BCUT2D eigenvalue weighted by atomic mass is 16.5. The van der Waals surface area contributed by atoms with Crippen LogP contribution in [-0.2, 0) is 25.7 Å². The zero-order valence-electron chi connectivity index (χ0n) is 29.5. The lowest BCUT2D eigenvalue weighted by Crippen LogP contribution is -2.48. The molecule has 0 N–H and O–H groups in total. The maximum absolute atomic E-state index is 6.86. The predicted molar refractivity (Wildman–Crippen MR) is 186 cm³/mol. The van der Waals surface area contributed by atoms with Crippen LogP contribution in [0.3, 0.4) is 0 Å². The average Bonchev–Trinajstić information content (AvgIpc) is 3.07. The summed E-state index contributed by atoms with van der Waals surface area (Å²) in [6.45, 7) is 2.01. The van der Waals surface area contributed by atoms with Crippen LogP contribution >= 0.6 is 0 Å². The first kappa shape index (κ1) is 32.2. The van der Waals surface area contributed by atoms with Gasteiger partial charge in [-0.15, -0.1) is 0 Å². The molecule has 252 valence electrons. The minimum Gasteiger partial charge on any atom is -0.493 e. The summed E-state index contributed by atoms with van der Waals surface area (Å²) in [6.07, 6.45) is 3.50. The Kier molecular flexibility index (Phi) is 8.20. The Morgan fingerprint density at radius 3 is 1.88 bits per heavy atom. The molecule has 48 heavy (non-hydrogen) atoms. The van der Waals surface area contributed by atoms with Crippen LogP contribution < -0.4 is 28.4 Å². The van der Waals surface area contributed by atoms with Crippen molar-refractivity contribution < 1.29 is 37.4 Å². The molecule has 4 aliphatic heterocycles. The summed E-state index contributed by atoms with van der Waals surface area (Å²) < 4.78 is 39.0. The van der Waals surface area contributed by atoms with E-state index in [-0.39, 0.29) is 12.1 Å². The van der Waals surface area contributed by atoms with E-state index in [1.807, 2.05) is 6.07 Å². The molecule has 0 unspecified atom stereocenters. The molecule has 8 heteroatoms. The molecule has 0 radical (unpaired) electrons. The van der Waals surface area contributed by atoms with E-state index in [2.05, 4.69) is 82.8 Å². The molecule has 0 aliphatic carbocycles. The van der Waals surface area contributed by atoms with Gasteiger partial charge in [0.2, 0.25) is 5.75 Å². The number of nitrogens with zero attached hydrogens (tertiary/aromatic N) is 2. The molecule has 0 amide bonds. The van der Waals surface area contributed by atoms with Crippen LogP contribution in [0, 0.1) is 0 Å². The number of likely N-dealkylation sites (N-methyl/N-ethyl adjacent to an activating group) is 2. The Balaban J connectivity index is 1.46. The third kappa shape index (κ3) is 5.61. The molecule has 0 aromatic heterocycles. The number of hydrogen-bond donors (Lipinski definition) is 0. The molecule has 4 heterocycles. The SMILES string of the molecule is COc1ccc2cc1Oc1cc3c(cc1OC)CC[N+](C)(C)[C@@H]3Cc1ccc(cc1)Oc1c(OC)c(OC)cc3c1[C@H](C2)[N+](C)(C)CC3. The number of methoxy groups -OCH3 is 4. The van der Waals surface area contributed by atoms with Gasteiger partial charge in [-0.3, -0.25) is 0 Å². The van der Waals surface area contributed by atoms with E-state index in [1.165, 1.54) is 22.3 Å². The molecule has 8 rings (SSSR count). The van der Waals surface area contributed by atoms with Crippen LogP contribution in [-0.4, -0.2) is 78.7 Å². The van der Waals surface area contributed by atoms with Crippen molar-refractivity contribution in [3.63, 3.8) is 0 Å². The van der Waals surface area contributed by atoms with Gasteiger partial charge in [-0.25, -0.2) is 0 Å². The van der Waals surface area contributed by atoms with Crippen molar-refractivity contribution in [1.29, 1.82) is 0 Å². The highest BCUT2D eigenvalue weighted by Crippen LogP contribution is 2.52. The van der Waals surface area contributed by atoms with Crippen LogP contribution in [0.4, 0.5) is 0 Å². The van der Waals surface area contributed by atoms with Gasteiger partial charge in [-0.1, -0.05) is 18.2 Å². The van der Waals surface area contributed by atoms with Gasteiger partial charge in [0.25, 0.3) is 0 Å². The van der Waals surface area contributed by atoms with E-state index >= 15 is 0 Å². The van der Waals surface area contributed by atoms with Crippen molar-refractivity contribution >= 4 is 0 Å². The largest absolute Gasteiger partial charge is 0.493 e. The first-order chi connectivity index (χ1) is 23.0. The van der Waals surface area contributed by atoms with Crippen molar-refractivity contribution in [3.05, 3.63) is 94.0 Å². The molecule has 6 bridgehead atoms. The smallest absolute Gasteiger partial charge is 0.204 e. The summed E-state index contributed by atoms with van der Waals surface area (Å²) in [5.41, 5.74) is 7.34.